The molecule has 0 fully saturated rings. The largest absolute Gasteiger partial charge is 0.367 e. The molecule has 74 valence electrons. The zero-order valence-corrected chi connectivity index (χ0v) is 8.48. The van der Waals surface area contributed by atoms with Gasteiger partial charge in [0.2, 0.25) is 0 Å². The minimum atomic E-state index is -0.439. The summed E-state index contributed by atoms with van der Waals surface area (Å²) in [5, 5.41) is 11.8. The summed E-state index contributed by atoms with van der Waals surface area (Å²) in [6, 6.07) is 5.98. The number of anilines is 1. The van der Waals surface area contributed by atoms with E-state index in [-0.39, 0.29) is 6.04 Å². The lowest BCUT2D eigenvalue weighted by Gasteiger charge is -2.11. The predicted molar refractivity (Wildman–Crippen MR) is 54.7 cm³/mol. The van der Waals surface area contributed by atoms with Crippen LogP contribution in [0.3, 0.4) is 0 Å². The quantitative estimate of drug-likeness (QED) is 0.835. The molecule has 2 nitrogen and oxygen atoms in total. The van der Waals surface area contributed by atoms with E-state index in [9.17, 15) is 4.39 Å². The van der Waals surface area contributed by atoms with Crippen molar-refractivity contribution in [2.45, 2.75) is 19.4 Å². The van der Waals surface area contributed by atoms with E-state index in [2.05, 4.69) is 5.32 Å². The summed E-state index contributed by atoms with van der Waals surface area (Å²) in [5.74, 6) is -0.439. The smallest absolute Gasteiger partial charge is 0.147 e. The third kappa shape index (κ3) is 2.61. The molecule has 0 heterocycles. The fourth-order valence-corrected chi connectivity index (χ4v) is 1.18. The highest BCUT2D eigenvalue weighted by atomic mass is 35.5. The van der Waals surface area contributed by atoms with Gasteiger partial charge in [-0.1, -0.05) is 18.5 Å². The van der Waals surface area contributed by atoms with E-state index in [1.165, 1.54) is 12.1 Å². The van der Waals surface area contributed by atoms with Crippen LogP contribution in [0.5, 0.6) is 0 Å². The van der Waals surface area contributed by atoms with Crippen molar-refractivity contribution in [3.8, 4) is 6.07 Å². The molecule has 0 spiro atoms. The zero-order chi connectivity index (χ0) is 10.6. The van der Waals surface area contributed by atoms with Crippen LogP contribution in [0.4, 0.5) is 10.1 Å². The Morgan fingerprint density at radius 2 is 2.36 bits per heavy atom. The van der Waals surface area contributed by atoms with E-state index in [1.54, 1.807) is 6.07 Å². The molecule has 0 aromatic heterocycles. The van der Waals surface area contributed by atoms with Gasteiger partial charge in [-0.3, -0.25) is 0 Å². The molecule has 0 aliphatic carbocycles. The minimum Gasteiger partial charge on any atom is -0.367 e. The van der Waals surface area contributed by atoms with Crippen LogP contribution in [0, 0.1) is 17.1 Å². The van der Waals surface area contributed by atoms with Crippen molar-refractivity contribution in [1.29, 1.82) is 5.26 Å². The molecular formula is C10H10ClFN2. The monoisotopic (exact) mass is 212 g/mol. The second kappa shape index (κ2) is 4.83. The van der Waals surface area contributed by atoms with Gasteiger partial charge < -0.3 is 5.32 Å². The standard InChI is InChI=1S/C10H10ClFN2/c1-2-8(6-13)14-10-4-3-7(11)5-9(10)12/h3-5,8,14H,2H2,1H3. The first kappa shape index (κ1) is 10.8. The molecule has 1 aromatic rings. The van der Waals surface area contributed by atoms with Crippen LogP contribution in [0.1, 0.15) is 13.3 Å². The number of nitrogens with zero attached hydrogens (tertiary/aromatic N) is 1. The Balaban J connectivity index is 2.82. The molecule has 0 bridgehead atoms. The molecule has 0 aliphatic heterocycles. The van der Waals surface area contributed by atoms with E-state index in [0.29, 0.717) is 17.1 Å². The maximum Gasteiger partial charge on any atom is 0.147 e. The molecule has 0 radical (unpaired) electrons. The van der Waals surface area contributed by atoms with Gasteiger partial charge in [-0.15, -0.1) is 0 Å². The SMILES string of the molecule is CCC(C#N)Nc1ccc(Cl)cc1F. The van der Waals surface area contributed by atoms with E-state index < -0.39 is 5.82 Å². The highest BCUT2D eigenvalue weighted by Crippen LogP contribution is 2.19. The van der Waals surface area contributed by atoms with Crippen molar-refractivity contribution >= 4 is 17.3 Å². The van der Waals surface area contributed by atoms with E-state index in [1.807, 2.05) is 13.0 Å². The lowest BCUT2D eigenvalue weighted by atomic mass is 10.2. The molecule has 1 N–H and O–H groups in total. The summed E-state index contributed by atoms with van der Waals surface area (Å²) < 4.78 is 13.2. The third-order valence-corrected chi connectivity index (χ3v) is 2.06. The van der Waals surface area contributed by atoms with Gasteiger partial charge in [0.05, 0.1) is 11.8 Å². The first-order chi connectivity index (χ1) is 6.67. The molecule has 1 atom stereocenters. The second-order valence-electron chi connectivity index (χ2n) is 2.86. The number of hydrogen-bond donors (Lipinski definition) is 1. The summed E-state index contributed by atoms with van der Waals surface area (Å²) in [6.45, 7) is 1.86. The van der Waals surface area contributed by atoms with Gasteiger partial charge >= 0.3 is 0 Å². The second-order valence-corrected chi connectivity index (χ2v) is 3.29. The first-order valence-corrected chi connectivity index (χ1v) is 4.66. The molecule has 14 heavy (non-hydrogen) atoms. The predicted octanol–water partition coefficient (Wildman–Crippen LogP) is 3.19. The van der Waals surface area contributed by atoms with Gasteiger partial charge in [0, 0.05) is 5.02 Å². The fraction of sp³-hybridized carbons (Fsp3) is 0.300. The maximum absolute atomic E-state index is 13.2. The van der Waals surface area contributed by atoms with Crippen molar-refractivity contribution in [2.75, 3.05) is 5.32 Å². The van der Waals surface area contributed by atoms with Crippen LogP contribution >= 0.6 is 11.6 Å². The van der Waals surface area contributed by atoms with Crippen molar-refractivity contribution in [2.24, 2.45) is 0 Å². The van der Waals surface area contributed by atoms with Crippen molar-refractivity contribution in [3.63, 3.8) is 0 Å². The van der Waals surface area contributed by atoms with Gasteiger partial charge in [-0.25, -0.2) is 4.39 Å². The molecule has 0 saturated heterocycles. The Labute approximate surface area is 87.3 Å². The van der Waals surface area contributed by atoms with E-state index in [4.69, 9.17) is 16.9 Å². The Morgan fingerprint density at radius 1 is 1.64 bits per heavy atom. The molecular weight excluding hydrogens is 203 g/mol. The van der Waals surface area contributed by atoms with Crippen molar-refractivity contribution in [1.82, 2.24) is 0 Å². The fourth-order valence-electron chi connectivity index (χ4n) is 1.02. The topological polar surface area (TPSA) is 35.8 Å². The average molecular weight is 213 g/mol. The van der Waals surface area contributed by atoms with Gasteiger partial charge in [0.25, 0.3) is 0 Å². The molecule has 1 rings (SSSR count). The van der Waals surface area contributed by atoms with Crippen molar-refractivity contribution in [3.05, 3.63) is 29.0 Å². The van der Waals surface area contributed by atoms with Crippen LogP contribution in [-0.4, -0.2) is 6.04 Å². The Morgan fingerprint density at radius 3 is 2.86 bits per heavy atom. The molecule has 0 saturated carbocycles. The first-order valence-electron chi connectivity index (χ1n) is 4.28. The molecule has 1 aromatic carbocycles. The van der Waals surface area contributed by atoms with E-state index >= 15 is 0 Å². The minimum absolute atomic E-state index is 0.308. The molecule has 1 unspecified atom stereocenters. The lowest BCUT2D eigenvalue weighted by Crippen LogP contribution is -2.16. The normalized spacial score (nSPS) is 11.9. The summed E-state index contributed by atoms with van der Waals surface area (Å²) in [4.78, 5) is 0. The van der Waals surface area contributed by atoms with Crippen LogP contribution in [-0.2, 0) is 0 Å². The number of nitrogens with one attached hydrogen (secondary N) is 1. The molecule has 0 amide bonds. The summed E-state index contributed by atoms with van der Waals surface area (Å²) in [6.07, 6.45) is 0.624. The summed E-state index contributed by atoms with van der Waals surface area (Å²) in [7, 11) is 0. The van der Waals surface area contributed by atoms with Gasteiger partial charge in [-0.2, -0.15) is 5.26 Å². The highest BCUT2D eigenvalue weighted by Gasteiger charge is 2.07. The van der Waals surface area contributed by atoms with Gasteiger partial charge in [-0.05, 0) is 24.6 Å². The van der Waals surface area contributed by atoms with Crippen LogP contribution in [0.2, 0.25) is 5.02 Å². The van der Waals surface area contributed by atoms with Crippen LogP contribution < -0.4 is 5.32 Å². The van der Waals surface area contributed by atoms with E-state index in [0.717, 1.165) is 0 Å². The van der Waals surface area contributed by atoms with Crippen LogP contribution in [0.15, 0.2) is 18.2 Å². The number of nitriles is 1. The number of benzene rings is 1. The number of halogens is 2. The Bertz CT molecular complexity index is 360. The van der Waals surface area contributed by atoms with Crippen LogP contribution in [0.25, 0.3) is 0 Å². The molecule has 4 heteroatoms. The Kier molecular flexibility index (Phi) is 3.73. The van der Waals surface area contributed by atoms with Gasteiger partial charge in [0.15, 0.2) is 0 Å². The molecule has 0 aliphatic rings. The average Bonchev–Trinajstić information content (AvgIpc) is 2.17. The zero-order valence-electron chi connectivity index (χ0n) is 7.72. The Hall–Kier alpha value is -1.27. The van der Waals surface area contributed by atoms with Gasteiger partial charge in [0.1, 0.15) is 11.9 Å². The summed E-state index contributed by atoms with van der Waals surface area (Å²) >= 11 is 5.59. The third-order valence-electron chi connectivity index (χ3n) is 1.82. The lowest BCUT2D eigenvalue weighted by molar-refractivity contribution is 0.628. The van der Waals surface area contributed by atoms with Crippen molar-refractivity contribution < 1.29 is 4.39 Å². The number of hydrogen-bond acceptors (Lipinski definition) is 2. The summed E-state index contributed by atoms with van der Waals surface area (Å²) in [5.41, 5.74) is 0.308. The highest BCUT2D eigenvalue weighted by molar-refractivity contribution is 6.30. The maximum atomic E-state index is 13.2. The number of rotatable bonds is 3.